The van der Waals surface area contributed by atoms with E-state index in [9.17, 15) is 13.6 Å². The van der Waals surface area contributed by atoms with Crippen molar-refractivity contribution in [3.05, 3.63) is 47.3 Å². The van der Waals surface area contributed by atoms with E-state index in [4.69, 9.17) is 9.47 Å². The van der Waals surface area contributed by atoms with Crippen LogP contribution in [0.2, 0.25) is 0 Å². The van der Waals surface area contributed by atoms with Gasteiger partial charge in [-0.3, -0.25) is 9.69 Å². The number of halogens is 2. The second kappa shape index (κ2) is 10.9. The first kappa shape index (κ1) is 26.6. The predicted octanol–water partition coefficient (Wildman–Crippen LogP) is 5.15. The van der Waals surface area contributed by atoms with Crippen LogP contribution in [-0.4, -0.2) is 71.3 Å². The molecule has 1 aromatic heterocycles. The van der Waals surface area contributed by atoms with Gasteiger partial charge in [-0.05, 0) is 81.8 Å². The summed E-state index contributed by atoms with van der Waals surface area (Å²) in [6.07, 6.45) is -0.506. The summed E-state index contributed by atoms with van der Waals surface area (Å²) < 4.78 is 38.8. The second-order valence-corrected chi connectivity index (χ2v) is 10.3. The lowest BCUT2D eigenvalue weighted by Gasteiger charge is -2.44. The lowest BCUT2D eigenvalue weighted by Crippen LogP contribution is -2.53. The molecule has 2 saturated heterocycles. The number of likely N-dealkylation sites (tertiary alicyclic amines) is 1. The summed E-state index contributed by atoms with van der Waals surface area (Å²) in [4.78, 5) is 17.5. The second-order valence-electron chi connectivity index (χ2n) is 10.3. The predicted molar refractivity (Wildman–Crippen MR) is 136 cm³/mol. The number of piperidine rings is 1. The van der Waals surface area contributed by atoms with Gasteiger partial charge in [0, 0.05) is 49.2 Å². The van der Waals surface area contributed by atoms with E-state index in [2.05, 4.69) is 48.1 Å². The Bertz CT molecular complexity index is 1030. The molecule has 198 valence electrons. The SMILES string of the molecule is CCc1c(C2CC(C)N(C(=O)CN3CCOCC3)C(C)C2)cc(C)n1-c1ccc(OC(C)(F)F)cc1. The number of alkyl halides is 2. The number of carbonyl (C=O) groups excluding carboxylic acids is 1. The fraction of sp³-hybridized carbons (Fsp3) is 0.607. The Kier molecular flexibility index (Phi) is 8.05. The Morgan fingerprint density at radius 1 is 1.11 bits per heavy atom. The van der Waals surface area contributed by atoms with E-state index in [1.807, 2.05) is 12.1 Å². The van der Waals surface area contributed by atoms with Crippen molar-refractivity contribution in [1.29, 1.82) is 0 Å². The molecule has 0 N–H and O–H groups in total. The summed E-state index contributed by atoms with van der Waals surface area (Å²) in [5, 5.41) is 0. The third kappa shape index (κ3) is 5.92. The van der Waals surface area contributed by atoms with Crippen LogP contribution in [0.5, 0.6) is 5.75 Å². The molecule has 2 fully saturated rings. The Morgan fingerprint density at radius 3 is 2.28 bits per heavy atom. The third-order valence-corrected chi connectivity index (χ3v) is 7.44. The van der Waals surface area contributed by atoms with E-state index < -0.39 is 6.11 Å². The quantitative estimate of drug-likeness (QED) is 0.524. The van der Waals surface area contributed by atoms with Crippen LogP contribution in [0.3, 0.4) is 0 Å². The highest BCUT2D eigenvalue weighted by atomic mass is 19.3. The molecule has 0 spiro atoms. The highest BCUT2D eigenvalue weighted by Crippen LogP contribution is 2.39. The van der Waals surface area contributed by atoms with Gasteiger partial charge in [0.1, 0.15) is 5.75 Å². The smallest absolute Gasteiger partial charge is 0.394 e. The first-order chi connectivity index (χ1) is 17.1. The number of benzene rings is 1. The average Bonchev–Trinajstić information content (AvgIpc) is 3.15. The molecular weight excluding hydrogens is 464 g/mol. The number of aryl methyl sites for hydroxylation is 1. The zero-order chi connectivity index (χ0) is 26.0. The number of morpholine rings is 1. The molecule has 0 aliphatic carbocycles. The summed E-state index contributed by atoms with van der Waals surface area (Å²) >= 11 is 0. The van der Waals surface area contributed by atoms with Gasteiger partial charge in [0.05, 0.1) is 19.8 Å². The number of carbonyl (C=O) groups is 1. The van der Waals surface area contributed by atoms with Gasteiger partial charge in [0.25, 0.3) is 0 Å². The van der Waals surface area contributed by atoms with Gasteiger partial charge in [-0.25, -0.2) is 0 Å². The Labute approximate surface area is 213 Å². The summed E-state index contributed by atoms with van der Waals surface area (Å²) in [6, 6.07) is 9.42. The number of aromatic nitrogens is 1. The first-order valence-corrected chi connectivity index (χ1v) is 13.1. The van der Waals surface area contributed by atoms with E-state index in [1.165, 1.54) is 11.3 Å². The van der Waals surface area contributed by atoms with Gasteiger partial charge in [-0.2, -0.15) is 8.78 Å². The molecule has 0 bridgehead atoms. The molecule has 2 unspecified atom stereocenters. The van der Waals surface area contributed by atoms with Crippen LogP contribution in [0.15, 0.2) is 30.3 Å². The van der Waals surface area contributed by atoms with Crippen LogP contribution in [-0.2, 0) is 16.0 Å². The molecule has 2 aromatic rings. The van der Waals surface area contributed by atoms with E-state index in [0.29, 0.717) is 25.7 Å². The Morgan fingerprint density at radius 2 is 1.72 bits per heavy atom. The molecule has 36 heavy (non-hydrogen) atoms. The van der Waals surface area contributed by atoms with Gasteiger partial charge < -0.3 is 18.9 Å². The molecule has 6 nitrogen and oxygen atoms in total. The zero-order valence-electron chi connectivity index (χ0n) is 22.1. The van der Waals surface area contributed by atoms with Crippen molar-refractivity contribution in [2.75, 3.05) is 32.8 Å². The van der Waals surface area contributed by atoms with Crippen LogP contribution in [0, 0.1) is 6.92 Å². The number of rotatable bonds is 7. The molecule has 3 heterocycles. The minimum atomic E-state index is -3.21. The molecule has 1 amide bonds. The average molecular weight is 504 g/mol. The fourth-order valence-corrected chi connectivity index (χ4v) is 6.02. The first-order valence-electron chi connectivity index (χ1n) is 13.1. The van der Waals surface area contributed by atoms with Crippen molar-refractivity contribution >= 4 is 5.91 Å². The van der Waals surface area contributed by atoms with Crippen LogP contribution in [0.25, 0.3) is 5.69 Å². The number of amides is 1. The summed E-state index contributed by atoms with van der Waals surface area (Å²) in [5.41, 5.74) is 4.61. The van der Waals surface area contributed by atoms with Crippen molar-refractivity contribution < 1.29 is 23.0 Å². The van der Waals surface area contributed by atoms with Crippen molar-refractivity contribution in [2.45, 2.75) is 78.0 Å². The summed E-state index contributed by atoms with van der Waals surface area (Å²) in [7, 11) is 0. The molecule has 2 aliphatic rings. The highest BCUT2D eigenvalue weighted by Gasteiger charge is 2.36. The topological polar surface area (TPSA) is 46.9 Å². The number of ether oxygens (including phenoxy) is 2. The van der Waals surface area contributed by atoms with Crippen molar-refractivity contribution in [3.8, 4) is 11.4 Å². The fourth-order valence-electron chi connectivity index (χ4n) is 6.02. The molecule has 4 rings (SSSR count). The van der Waals surface area contributed by atoms with E-state index in [1.54, 1.807) is 12.1 Å². The maximum Gasteiger partial charge on any atom is 0.394 e. The van der Waals surface area contributed by atoms with Crippen LogP contribution < -0.4 is 4.74 Å². The molecule has 1 aromatic carbocycles. The van der Waals surface area contributed by atoms with Gasteiger partial charge in [-0.15, -0.1) is 0 Å². The van der Waals surface area contributed by atoms with E-state index >= 15 is 0 Å². The summed E-state index contributed by atoms with van der Waals surface area (Å²) in [5.74, 6) is 0.713. The van der Waals surface area contributed by atoms with E-state index in [0.717, 1.165) is 50.7 Å². The van der Waals surface area contributed by atoms with Crippen molar-refractivity contribution in [2.24, 2.45) is 0 Å². The van der Waals surface area contributed by atoms with Crippen LogP contribution in [0.4, 0.5) is 8.78 Å². The molecule has 0 radical (unpaired) electrons. The minimum absolute atomic E-state index is 0.145. The van der Waals surface area contributed by atoms with Gasteiger partial charge in [-0.1, -0.05) is 6.92 Å². The van der Waals surface area contributed by atoms with Crippen molar-refractivity contribution in [3.63, 3.8) is 0 Å². The van der Waals surface area contributed by atoms with E-state index in [-0.39, 0.29) is 23.7 Å². The number of hydrogen-bond donors (Lipinski definition) is 0. The minimum Gasteiger partial charge on any atom is -0.433 e. The monoisotopic (exact) mass is 503 g/mol. The zero-order valence-corrected chi connectivity index (χ0v) is 22.1. The van der Waals surface area contributed by atoms with Gasteiger partial charge in [0.2, 0.25) is 5.91 Å². The Hall–Kier alpha value is -2.45. The third-order valence-electron chi connectivity index (χ3n) is 7.44. The molecule has 2 atom stereocenters. The Balaban J connectivity index is 1.51. The van der Waals surface area contributed by atoms with Gasteiger partial charge >= 0.3 is 6.11 Å². The molecule has 2 aliphatic heterocycles. The lowest BCUT2D eigenvalue weighted by molar-refractivity contribution is -0.159. The number of hydrogen-bond acceptors (Lipinski definition) is 4. The molecular formula is C28H39F2N3O3. The van der Waals surface area contributed by atoms with Gasteiger partial charge in [0.15, 0.2) is 0 Å². The maximum absolute atomic E-state index is 13.2. The summed E-state index contributed by atoms with van der Waals surface area (Å²) in [6.45, 7) is 12.8. The molecule has 0 saturated carbocycles. The normalized spacial score (nSPS) is 23.6. The van der Waals surface area contributed by atoms with Crippen molar-refractivity contribution in [1.82, 2.24) is 14.4 Å². The molecule has 8 heteroatoms. The highest BCUT2D eigenvalue weighted by molar-refractivity contribution is 5.79. The van der Waals surface area contributed by atoms with Crippen LogP contribution >= 0.6 is 0 Å². The largest absolute Gasteiger partial charge is 0.433 e. The standard InChI is InChI=1S/C28H39F2N3O3/c1-6-26-25(17-21(4)33(26)23-7-9-24(10-8-23)36-28(5,29)30)22-15-19(2)32(20(3)16-22)27(34)18-31-11-13-35-14-12-31/h7-10,17,19-20,22H,6,11-16,18H2,1-5H3. The maximum atomic E-state index is 13.2. The van der Waals surface area contributed by atoms with Crippen LogP contribution in [0.1, 0.15) is 63.4 Å². The number of nitrogens with zero attached hydrogens (tertiary/aromatic N) is 3. The lowest BCUT2D eigenvalue weighted by atomic mass is 9.82.